The predicted octanol–water partition coefficient (Wildman–Crippen LogP) is 3.09. The van der Waals surface area contributed by atoms with Gasteiger partial charge >= 0.3 is 0 Å². The highest BCUT2D eigenvalue weighted by molar-refractivity contribution is 5.94. The molecule has 130 valence electrons. The van der Waals surface area contributed by atoms with Crippen LogP contribution in [0, 0.1) is 5.82 Å². The fraction of sp³-hybridized carbons (Fsp3) is 0.278. The number of hydrogen-bond donors (Lipinski definition) is 1. The summed E-state index contributed by atoms with van der Waals surface area (Å²) >= 11 is 0. The van der Waals surface area contributed by atoms with Gasteiger partial charge in [-0.05, 0) is 29.7 Å². The number of hydrogen-bond acceptors (Lipinski definition) is 3. The molecule has 2 heterocycles. The van der Waals surface area contributed by atoms with Crippen LogP contribution in [0.1, 0.15) is 24.8 Å². The van der Waals surface area contributed by atoms with Gasteiger partial charge < -0.3 is 5.32 Å². The third-order valence-electron chi connectivity index (χ3n) is 4.10. The van der Waals surface area contributed by atoms with Gasteiger partial charge in [-0.25, -0.2) is 4.39 Å². The van der Waals surface area contributed by atoms with Gasteiger partial charge in [0, 0.05) is 32.9 Å². The Morgan fingerprint density at radius 3 is 2.60 bits per heavy atom. The maximum absolute atomic E-state index is 13.0. The van der Waals surface area contributed by atoms with E-state index in [1.54, 1.807) is 40.9 Å². The molecular weight excluding hydrogens is 321 g/mol. The Labute approximate surface area is 145 Å². The van der Waals surface area contributed by atoms with Crippen LogP contribution < -0.4 is 5.32 Å². The van der Waals surface area contributed by atoms with E-state index >= 15 is 0 Å². The van der Waals surface area contributed by atoms with Crippen LogP contribution in [0.2, 0.25) is 0 Å². The van der Waals surface area contributed by atoms with Crippen LogP contribution in [0.15, 0.2) is 42.7 Å². The number of anilines is 1. The van der Waals surface area contributed by atoms with Crippen molar-refractivity contribution >= 4 is 11.6 Å². The number of benzene rings is 1. The number of aromatic nitrogens is 4. The molecule has 0 aliphatic rings. The quantitative estimate of drug-likeness (QED) is 0.775. The highest BCUT2D eigenvalue weighted by Crippen LogP contribution is 2.26. The van der Waals surface area contributed by atoms with Crippen LogP contribution in [0.25, 0.3) is 11.4 Å². The fourth-order valence-corrected chi connectivity index (χ4v) is 2.76. The molecule has 1 aromatic carbocycles. The molecule has 0 saturated heterocycles. The van der Waals surface area contributed by atoms with E-state index in [4.69, 9.17) is 0 Å². The summed E-state index contributed by atoms with van der Waals surface area (Å²) in [6, 6.07) is 8.08. The first-order valence-corrected chi connectivity index (χ1v) is 8.01. The Balaban J connectivity index is 1.73. The van der Waals surface area contributed by atoms with Crippen molar-refractivity contribution in [2.45, 2.75) is 19.3 Å². The molecule has 2 aromatic heterocycles. The van der Waals surface area contributed by atoms with Crippen LogP contribution in [0.5, 0.6) is 0 Å². The number of carbonyl (C=O) groups excluding carboxylic acids is 1. The first-order valence-electron chi connectivity index (χ1n) is 8.01. The number of nitrogens with zero attached hydrogens (tertiary/aromatic N) is 4. The molecule has 25 heavy (non-hydrogen) atoms. The largest absolute Gasteiger partial charge is 0.323 e. The van der Waals surface area contributed by atoms with Crippen molar-refractivity contribution in [3.63, 3.8) is 0 Å². The smallest absolute Gasteiger partial charge is 0.225 e. The maximum Gasteiger partial charge on any atom is 0.225 e. The molecule has 0 bridgehead atoms. The lowest BCUT2D eigenvalue weighted by atomic mass is 9.97. The lowest BCUT2D eigenvalue weighted by Crippen LogP contribution is -2.15. The van der Waals surface area contributed by atoms with Gasteiger partial charge in [-0.3, -0.25) is 14.2 Å². The van der Waals surface area contributed by atoms with E-state index in [0.29, 0.717) is 17.8 Å². The molecule has 0 spiro atoms. The van der Waals surface area contributed by atoms with E-state index in [-0.39, 0.29) is 17.6 Å². The average molecular weight is 341 g/mol. The number of halogens is 1. The van der Waals surface area contributed by atoms with E-state index in [0.717, 1.165) is 11.3 Å². The standard InChI is InChI=1S/C18H20FN5O/c1-12(13-4-6-14(19)7-5-13)10-17(25)21-15-11-23(2)22-18(15)16-8-9-20-24(16)3/h4-9,11-12H,10H2,1-3H3,(H,21,25). The van der Waals surface area contributed by atoms with E-state index < -0.39 is 0 Å². The Hall–Kier alpha value is -2.96. The van der Waals surface area contributed by atoms with Gasteiger partial charge in [-0.2, -0.15) is 10.2 Å². The van der Waals surface area contributed by atoms with Crippen LogP contribution >= 0.6 is 0 Å². The lowest BCUT2D eigenvalue weighted by Gasteiger charge is -2.12. The second-order valence-corrected chi connectivity index (χ2v) is 6.11. The van der Waals surface area contributed by atoms with Gasteiger partial charge in [0.15, 0.2) is 0 Å². The number of carbonyl (C=O) groups is 1. The Kier molecular flexibility index (Phi) is 4.65. The van der Waals surface area contributed by atoms with Crippen molar-refractivity contribution in [1.29, 1.82) is 0 Å². The minimum absolute atomic E-state index is 0.0163. The summed E-state index contributed by atoms with van der Waals surface area (Å²) in [4.78, 5) is 12.4. The minimum Gasteiger partial charge on any atom is -0.323 e. The van der Waals surface area contributed by atoms with E-state index in [2.05, 4.69) is 15.5 Å². The van der Waals surface area contributed by atoms with Crippen molar-refractivity contribution in [2.24, 2.45) is 14.1 Å². The molecule has 3 rings (SSSR count). The van der Waals surface area contributed by atoms with Gasteiger partial charge in [0.05, 0.1) is 11.4 Å². The molecule has 7 heteroatoms. The summed E-state index contributed by atoms with van der Waals surface area (Å²) in [6.45, 7) is 1.94. The Morgan fingerprint density at radius 1 is 1.24 bits per heavy atom. The average Bonchev–Trinajstić information content (AvgIpc) is 3.13. The molecule has 1 atom stereocenters. The highest BCUT2D eigenvalue weighted by Gasteiger charge is 2.17. The SMILES string of the molecule is CC(CC(=O)Nc1cn(C)nc1-c1ccnn1C)c1ccc(F)cc1. The Bertz CT molecular complexity index is 881. The second kappa shape index (κ2) is 6.88. The van der Waals surface area contributed by atoms with E-state index in [1.165, 1.54) is 12.1 Å². The molecule has 1 amide bonds. The fourth-order valence-electron chi connectivity index (χ4n) is 2.76. The molecule has 0 saturated carbocycles. The van der Waals surface area contributed by atoms with Gasteiger partial charge in [0.2, 0.25) is 5.91 Å². The third-order valence-corrected chi connectivity index (χ3v) is 4.10. The minimum atomic E-state index is -0.281. The summed E-state index contributed by atoms with van der Waals surface area (Å²) in [5.74, 6) is -0.415. The topological polar surface area (TPSA) is 64.7 Å². The normalized spacial score (nSPS) is 12.2. The van der Waals surface area contributed by atoms with Gasteiger partial charge in [-0.15, -0.1) is 0 Å². The van der Waals surface area contributed by atoms with E-state index in [1.807, 2.05) is 20.0 Å². The zero-order chi connectivity index (χ0) is 18.0. The van der Waals surface area contributed by atoms with Crippen molar-refractivity contribution in [3.05, 3.63) is 54.1 Å². The van der Waals surface area contributed by atoms with Crippen molar-refractivity contribution < 1.29 is 9.18 Å². The van der Waals surface area contributed by atoms with Gasteiger partial charge in [0.25, 0.3) is 0 Å². The zero-order valence-electron chi connectivity index (χ0n) is 14.4. The number of rotatable bonds is 5. The molecule has 0 radical (unpaired) electrons. The van der Waals surface area contributed by atoms with Crippen LogP contribution in [-0.2, 0) is 18.9 Å². The second-order valence-electron chi connectivity index (χ2n) is 6.11. The van der Waals surface area contributed by atoms with Crippen molar-refractivity contribution in [2.75, 3.05) is 5.32 Å². The molecule has 0 aliphatic carbocycles. The predicted molar refractivity (Wildman–Crippen MR) is 93.5 cm³/mol. The van der Waals surface area contributed by atoms with Crippen LogP contribution in [-0.4, -0.2) is 25.5 Å². The number of amides is 1. The summed E-state index contributed by atoms with van der Waals surface area (Å²) in [6.07, 6.45) is 3.75. The third kappa shape index (κ3) is 3.76. The summed E-state index contributed by atoms with van der Waals surface area (Å²) < 4.78 is 16.4. The molecule has 3 aromatic rings. The monoisotopic (exact) mass is 341 g/mol. The van der Waals surface area contributed by atoms with Crippen LogP contribution in [0.3, 0.4) is 0 Å². The van der Waals surface area contributed by atoms with Gasteiger partial charge in [0.1, 0.15) is 11.5 Å². The lowest BCUT2D eigenvalue weighted by molar-refractivity contribution is -0.116. The van der Waals surface area contributed by atoms with E-state index in [9.17, 15) is 9.18 Å². The first kappa shape index (κ1) is 16.9. The first-order chi connectivity index (χ1) is 11.9. The maximum atomic E-state index is 13.0. The highest BCUT2D eigenvalue weighted by atomic mass is 19.1. The molecular formula is C18H20FN5O. The zero-order valence-corrected chi connectivity index (χ0v) is 14.4. The number of aryl methyl sites for hydroxylation is 2. The summed E-state index contributed by atoms with van der Waals surface area (Å²) in [5.41, 5.74) is 3.06. The molecule has 0 aliphatic heterocycles. The molecule has 1 unspecified atom stereocenters. The number of nitrogens with one attached hydrogen (secondary N) is 1. The molecule has 1 N–H and O–H groups in total. The molecule has 6 nitrogen and oxygen atoms in total. The van der Waals surface area contributed by atoms with Crippen molar-refractivity contribution in [3.8, 4) is 11.4 Å². The summed E-state index contributed by atoms with van der Waals surface area (Å²) in [7, 11) is 3.63. The molecule has 0 fully saturated rings. The van der Waals surface area contributed by atoms with Crippen molar-refractivity contribution in [1.82, 2.24) is 19.6 Å². The van der Waals surface area contributed by atoms with Gasteiger partial charge in [-0.1, -0.05) is 19.1 Å². The summed E-state index contributed by atoms with van der Waals surface area (Å²) in [5, 5.41) is 11.5. The Morgan fingerprint density at radius 2 is 1.96 bits per heavy atom. The van der Waals surface area contributed by atoms with Crippen LogP contribution in [0.4, 0.5) is 10.1 Å².